The summed E-state index contributed by atoms with van der Waals surface area (Å²) >= 11 is 1.27. The van der Waals surface area contributed by atoms with Crippen molar-refractivity contribution < 1.29 is 13.2 Å². The van der Waals surface area contributed by atoms with Gasteiger partial charge in [0, 0.05) is 48.8 Å². The van der Waals surface area contributed by atoms with E-state index in [-0.39, 0.29) is 16.6 Å². The maximum Gasteiger partial charge on any atom is 0.243 e. The Morgan fingerprint density at radius 1 is 0.927 bits per heavy atom. The first-order valence-electron chi connectivity index (χ1n) is 13.8. The normalized spacial score (nSPS) is 13.8. The minimum atomic E-state index is -3.59. The number of benzene rings is 3. The zero-order valence-corrected chi connectivity index (χ0v) is 24.9. The molecule has 1 saturated heterocycles. The Hall–Kier alpha value is -3.67. The van der Waals surface area contributed by atoms with Crippen LogP contribution >= 0.6 is 11.8 Å². The Kier molecular flexibility index (Phi) is 9.06. The van der Waals surface area contributed by atoms with Crippen molar-refractivity contribution >= 4 is 39.1 Å². The molecule has 1 amide bonds. The van der Waals surface area contributed by atoms with Gasteiger partial charge in [0.2, 0.25) is 15.9 Å². The molecule has 9 nitrogen and oxygen atoms in total. The zero-order valence-electron chi connectivity index (χ0n) is 23.2. The molecule has 214 valence electrons. The van der Waals surface area contributed by atoms with Crippen molar-refractivity contribution in [3.05, 3.63) is 78.9 Å². The zero-order chi connectivity index (χ0) is 28.8. The van der Waals surface area contributed by atoms with Crippen molar-refractivity contribution in [1.82, 2.24) is 19.1 Å². The fourth-order valence-corrected chi connectivity index (χ4v) is 7.22. The lowest BCUT2D eigenvalue weighted by atomic mass is 10.2. The summed E-state index contributed by atoms with van der Waals surface area (Å²) in [4.78, 5) is 15.3. The number of hydrogen-bond donors (Lipinski definition) is 1. The number of anilines is 2. The molecule has 1 fully saturated rings. The van der Waals surface area contributed by atoms with Crippen molar-refractivity contribution in [2.45, 2.75) is 36.7 Å². The highest BCUT2D eigenvalue weighted by molar-refractivity contribution is 7.99. The van der Waals surface area contributed by atoms with E-state index >= 15 is 0 Å². The van der Waals surface area contributed by atoms with Gasteiger partial charge in [-0.1, -0.05) is 42.1 Å². The quantitative estimate of drug-likeness (QED) is 0.237. The number of sulfonamides is 1. The van der Waals surface area contributed by atoms with Crippen LogP contribution in [0.5, 0.6) is 0 Å². The van der Waals surface area contributed by atoms with Crippen molar-refractivity contribution in [3.8, 4) is 17.1 Å². The van der Waals surface area contributed by atoms with Crippen LogP contribution in [-0.4, -0.2) is 65.3 Å². The summed E-state index contributed by atoms with van der Waals surface area (Å²) in [5.41, 5.74) is 3.29. The standard InChI is InChI=1S/C30H34N6O3S2/c1-3-34(4-2)25-17-15-24(16-18-25)31-28(37)22-40-30-33-32-29(36(30)26-12-6-5-7-13-26)23-11-10-14-27(21-23)41(38,39)35-19-8-9-20-35/h5-7,10-18,21H,3-4,8-9,19-20,22H2,1-2H3,(H,31,37). The topological polar surface area (TPSA) is 100 Å². The van der Waals surface area contributed by atoms with Gasteiger partial charge in [-0.05, 0) is 75.2 Å². The monoisotopic (exact) mass is 590 g/mol. The van der Waals surface area contributed by atoms with Crippen molar-refractivity contribution in [2.24, 2.45) is 0 Å². The number of aromatic nitrogens is 3. The Bertz CT molecular complexity index is 1580. The molecule has 1 N–H and O–H groups in total. The molecule has 1 aliphatic heterocycles. The number of para-hydroxylation sites is 1. The maximum atomic E-state index is 13.2. The molecule has 0 saturated carbocycles. The third-order valence-corrected chi connectivity index (χ3v) is 9.88. The molecule has 0 radical (unpaired) electrons. The predicted molar refractivity (Wildman–Crippen MR) is 164 cm³/mol. The molecule has 3 aromatic carbocycles. The van der Waals surface area contributed by atoms with E-state index in [1.165, 1.54) is 16.1 Å². The molecular formula is C30H34N6O3S2. The highest BCUT2D eigenvalue weighted by atomic mass is 32.2. The maximum absolute atomic E-state index is 13.2. The third kappa shape index (κ3) is 6.47. The number of hydrogen-bond acceptors (Lipinski definition) is 7. The van der Waals surface area contributed by atoms with Crippen LogP contribution in [0.25, 0.3) is 17.1 Å². The highest BCUT2D eigenvalue weighted by Crippen LogP contribution is 2.30. The third-order valence-electron chi connectivity index (χ3n) is 7.05. The van der Waals surface area contributed by atoms with E-state index in [0.29, 0.717) is 29.6 Å². The number of carbonyl (C=O) groups is 1. The Labute approximate surface area is 245 Å². The number of rotatable bonds is 11. The lowest BCUT2D eigenvalue weighted by Crippen LogP contribution is -2.27. The molecule has 41 heavy (non-hydrogen) atoms. The van der Waals surface area contributed by atoms with Crippen molar-refractivity contribution in [3.63, 3.8) is 0 Å². The van der Waals surface area contributed by atoms with Gasteiger partial charge in [0.25, 0.3) is 0 Å². The molecule has 0 atom stereocenters. The summed E-state index contributed by atoms with van der Waals surface area (Å²) in [6.45, 7) is 7.14. The lowest BCUT2D eigenvalue weighted by molar-refractivity contribution is -0.113. The van der Waals surface area contributed by atoms with Crippen molar-refractivity contribution in [2.75, 3.05) is 42.1 Å². The predicted octanol–water partition coefficient (Wildman–Crippen LogP) is 5.30. The van der Waals surface area contributed by atoms with E-state index in [1.54, 1.807) is 18.2 Å². The van der Waals surface area contributed by atoms with Gasteiger partial charge in [0.1, 0.15) is 0 Å². The fourth-order valence-electron chi connectivity index (χ4n) is 4.90. The van der Waals surface area contributed by atoms with E-state index < -0.39 is 10.0 Å². The van der Waals surface area contributed by atoms with Crippen LogP contribution in [0.1, 0.15) is 26.7 Å². The number of nitrogens with zero attached hydrogens (tertiary/aromatic N) is 5. The molecule has 5 rings (SSSR count). The van der Waals surface area contributed by atoms with Gasteiger partial charge in [-0.15, -0.1) is 10.2 Å². The number of amides is 1. The first kappa shape index (κ1) is 28.8. The molecule has 0 unspecified atom stereocenters. The summed E-state index contributed by atoms with van der Waals surface area (Å²) < 4.78 is 29.8. The largest absolute Gasteiger partial charge is 0.372 e. The molecule has 0 aliphatic carbocycles. The van der Waals surface area contributed by atoms with Crippen LogP contribution in [0.3, 0.4) is 0 Å². The lowest BCUT2D eigenvalue weighted by Gasteiger charge is -2.21. The van der Waals surface area contributed by atoms with E-state index in [1.807, 2.05) is 65.2 Å². The summed E-state index contributed by atoms with van der Waals surface area (Å²) in [6, 6.07) is 24.3. The Morgan fingerprint density at radius 2 is 1.63 bits per heavy atom. The smallest absolute Gasteiger partial charge is 0.243 e. The number of carbonyl (C=O) groups excluding carboxylic acids is 1. The first-order chi connectivity index (χ1) is 19.9. The van der Waals surface area contributed by atoms with Gasteiger partial charge in [0.15, 0.2) is 11.0 Å². The van der Waals surface area contributed by atoms with Gasteiger partial charge in [-0.2, -0.15) is 4.31 Å². The first-order valence-corrected chi connectivity index (χ1v) is 16.2. The van der Waals surface area contributed by atoms with Gasteiger partial charge in [-0.3, -0.25) is 9.36 Å². The van der Waals surface area contributed by atoms with E-state index in [2.05, 4.69) is 34.3 Å². The number of thioether (sulfide) groups is 1. The Morgan fingerprint density at radius 3 is 2.32 bits per heavy atom. The minimum Gasteiger partial charge on any atom is -0.372 e. The van der Waals surface area contributed by atoms with Crippen LogP contribution in [0, 0.1) is 0 Å². The number of nitrogens with one attached hydrogen (secondary N) is 1. The van der Waals surface area contributed by atoms with Gasteiger partial charge in [-0.25, -0.2) is 8.42 Å². The molecule has 4 aromatic rings. The molecule has 0 bridgehead atoms. The molecule has 1 aromatic heterocycles. The van der Waals surface area contributed by atoms with Crippen LogP contribution in [0.15, 0.2) is 88.9 Å². The van der Waals surface area contributed by atoms with Crippen LogP contribution in [0.4, 0.5) is 11.4 Å². The average Bonchev–Trinajstić information content (AvgIpc) is 3.70. The molecular weight excluding hydrogens is 557 g/mol. The molecule has 2 heterocycles. The van der Waals surface area contributed by atoms with Gasteiger partial charge >= 0.3 is 0 Å². The minimum absolute atomic E-state index is 0.131. The fraction of sp³-hybridized carbons (Fsp3) is 0.300. The average molecular weight is 591 g/mol. The SMILES string of the molecule is CCN(CC)c1ccc(NC(=O)CSc2nnc(-c3cccc(S(=O)(=O)N4CCCC4)c3)n2-c2ccccc2)cc1. The van der Waals surface area contributed by atoms with E-state index in [9.17, 15) is 13.2 Å². The Balaban J connectivity index is 1.37. The summed E-state index contributed by atoms with van der Waals surface area (Å²) in [6.07, 6.45) is 1.74. The molecule has 1 aliphatic rings. The molecule has 11 heteroatoms. The van der Waals surface area contributed by atoms with Gasteiger partial charge in [0.05, 0.1) is 10.6 Å². The van der Waals surface area contributed by atoms with Gasteiger partial charge < -0.3 is 10.2 Å². The van der Waals surface area contributed by atoms with Crippen LogP contribution in [-0.2, 0) is 14.8 Å². The summed E-state index contributed by atoms with van der Waals surface area (Å²) in [7, 11) is -3.59. The highest BCUT2D eigenvalue weighted by Gasteiger charge is 2.28. The summed E-state index contributed by atoms with van der Waals surface area (Å²) in [5.74, 6) is 0.476. The second-order valence-electron chi connectivity index (χ2n) is 9.67. The second kappa shape index (κ2) is 12.9. The van der Waals surface area contributed by atoms with Crippen LogP contribution < -0.4 is 10.2 Å². The van der Waals surface area contributed by atoms with Crippen LogP contribution in [0.2, 0.25) is 0 Å². The van der Waals surface area contributed by atoms with E-state index in [0.717, 1.165) is 43.0 Å². The van der Waals surface area contributed by atoms with E-state index in [4.69, 9.17) is 0 Å². The molecule has 0 spiro atoms. The second-order valence-corrected chi connectivity index (χ2v) is 12.6. The van der Waals surface area contributed by atoms with Crippen molar-refractivity contribution in [1.29, 1.82) is 0 Å². The summed E-state index contributed by atoms with van der Waals surface area (Å²) in [5, 5.41) is 12.3.